The Kier molecular flexibility index (Phi) is 4.26. The van der Waals surface area contributed by atoms with Gasteiger partial charge < -0.3 is 5.32 Å². The number of thiocarbonyl (C=S) groups is 1. The Morgan fingerprint density at radius 3 is 2.30 bits per heavy atom. The van der Waals surface area contributed by atoms with Crippen LogP contribution >= 0.6 is 12.2 Å². The minimum Gasteiger partial charge on any atom is -0.327 e. The summed E-state index contributed by atoms with van der Waals surface area (Å²) < 4.78 is 0. The molecule has 0 radical (unpaired) electrons. The summed E-state index contributed by atoms with van der Waals surface area (Å²) in [6.07, 6.45) is 1.82. The van der Waals surface area contributed by atoms with Gasteiger partial charge in [-0.05, 0) is 47.5 Å². The number of nitrogens with one attached hydrogen (secondary N) is 1. The number of carbonyl (C=O) groups excluding carboxylic acids is 1. The van der Waals surface area contributed by atoms with Gasteiger partial charge in [0.15, 0.2) is 5.11 Å². The van der Waals surface area contributed by atoms with Crippen molar-refractivity contribution in [2.24, 2.45) is 0 Å². The molecule has 1 amide bonds. The van der Waals surface area contributed by atoms with Crippen molar-refractivity contribution in [1.82, 2.24) is 5.32 Å². The van der Waals surface area contributed by atoms with Crippen molar-refractivity contribution in [1.29, 1.82) is 0 Å². The first kappa shape index (κ1) is 15.4. The molecule has 23 heavy (non-hydrogen) atoms. The first-order chi connectivity index (χ1) is 11.1. The van der Waals surface area contributed by atoms with Gasteiger partial charge in [0, 0.05) is 0 Å². The zero-order chi connectivity index (χ0) is 16.4. The number of amides is 1. The Labute approximate surface area is 141 Å². The van der Waals surface area contributed by atoms with Crippen molar-refractivity contribution in [2.45, 2.75) is 19.8 Å². The molecule has 2 aromatic carbocycles. The smallest absolute Gasteiger partial charge is 0.281 e. The van der Waals surface area contributed by atoms with Crippen molar-refractivity contribution >= 4 is 35.0 Å². The molecule has 1 aliphatic rings. The maximum atomic E-state index is 12.6. The molecule has 0 atom stereocenters. The Balaban J connectivity index is 1.88. The molecule has 2 aromatic rings. The maximum Gasteiger partial charge on any atom is 0.281 e. The van der Waals surface area contributed by atoms with E-state index < -0.39 is 0 Å². The van der Waals surface area contributed by atoms with E-state index in [1.165, 1.54) is 10.5 Å². The van der Waals surface area contributed by atoms with Crippen LogP contribution in [0.2, 0.25) is 0 Å². The van der Waals surface area contributed by atoms with E-state index in [1.807, 2.05) is 60.7 Å². The molecule has 1 N–H and O–H groups in total. The topological polar surface area (TPSA) is 32.3 Å². The lowest BCUT2D eigenvalue weighted by Crippen LogP contribution is -2.30. The summed E-state index contributed by atoms with van der Waals surface area (Å²) >= 11 is 5.33. The molecule has 0 bridgehead atoms. The second-order valence-electron chi connectivity index (χ2n) is 5.79. The fourth-order valence-corrected chi connectivity index (χ4v) is 2.79. The maximum absolute atomic E-state index is 12.6. The van der Waals surface area contributed by atoms with E-state index in [9.17, 15) is 4.79 Å². The zero-order valence-electron chi connectivity index (χ0n) is 13.1. The molecule has 3 nitrogen and oxygen atoms in total. The van der Waals surface area contributed by atoms with Crippen molar-refractivity contribution in [3.63, 3.8) is 0 Å². The standard InChI is InChI=1S/C19H18N2OS/c1-13(2)15-8-10-16(11-9-15)21-18(22)17(20-19(21)23)12-14-6-4-3-5-7-14/h3-13H,1-2H3,(H,20,23)/b17-12+. The van der Waals surface area contributed by atoms with Crippen LogP contribution in [0, 0.1) is 0 Å². The molecule has 0 unspecified atom stereocenters. The highest BCUT2D eigenvalue weighted by Gasteiger charge is 2.31. The molecule has 0 saturated carbocycles. The molecule has 0 aliphatic carbocycles. The summed E-state index contributed by atoms with van der Waals surface area (Å²) in [5, 5.41) is 3.42. The summed E-state index contributed by atoms with van der Waals surface area (Å²) in [6.45, 7) is 4.28. The molecule has 1 fully saturated rings. The van der Waals surface area contributed by atoms with Gasteiger partial charge >= 0.3 is 0 Å². The van der Waals surface area contributed by atoms with Gasteiger partial charge in [-0.3, -0.25) is 9.69 Å². The van der Waals surface area contributed by atoms with Gasteiger partial charge in [-0.15, -0.1) is 0 Å². The summed E-state index contributed by atoms with van der Waals surface area (Å²) in [7, 11) is 0. The molecule has 1 aliphatic heterocycles. The summed E-state index contributed by atoms with van der Waals surface area (Å²) in [5.41, 5.74) is 3.48. The van der Waals surface area contributed by atoms with Crippen LogP contribution in [0.3, 0.4) is 0 Å². The van der Waals surface area contributed by atoms with Crippen LogP contribution in [-0.2, 0) is 4.79 Å². The van der Waals surface area contributed by atoms with Crippen molar-refractivity contribution in [2.75, 3.05) is 4.90 Å². The summed E-state index contributed by atoms with van der Waals surface area (Å²) in [4.78, 5) is 14.2. The highest BCUT2D eigenvalue weighted by molar-refractivity contribution is 7.80. The molecule has 3 rings (SSSR count). The van der Waals surface area contributed by atoms with Gasteiger partial charge in [-0.25, -0.2) is 0 Å². The Hall–Kier alpha value is -2.46. The minimum absolute atomic E-state index is 0.129. The van der Waals surface area contributed by atoms with Crippen LogP contribution in [0.15, 0.2) is 60.3 Å². The second kappa shape index (κ2) is 6.34. The van der Waals surface area contributed by atoms with Crippen molar-refractivity contribution in [3.05, 3.63) is 71.4 Å². The fourth-order valence-electron chi connectivity index (χ4n) is 2.49. The third-order valence-corrected chi connectivity index (χ3v) is 4.09. The number of hydrogen-bond acceptors (Lipinski definition) is 2. The van der Waals surface area contributed by atoms with Gasteiger partial charge in [0.25, 0.3) is 5.91 Å². The molecule has 116 valence electrons. The van der Waals surface area contributed by atoms with Gasteiger partial charge in [-0.2, -0.15) is 0 Å². The minimum atomic E-state index is -0.129. The third kappa shape index (κ3) is 3.17. The Morgan fingerprint density at radius 1 is 1.04 bits per heavy atom. The van der Waals surface area contributed by atoms with Crippen molar-refractivity contribution in [3.8, 4) is 0 Å². The van der Waals surface area contributed by atoms with E-state index in [0.717, 1.165) is 11.3 Å². The lowest BCUT2D eigenvalue weighted by Gasteiger charge is -2.15. The average molecular weight is 322 g/mol. The molecular weight excluding hydrogens is 304 g/mol. The molecular formula is C19H18N2OS. The SMILES string of the molecule is CC(C)c1ccc(N2C(=O)/C(=C\c3ccccc3)NC2=S)cc1. The largest absolute Gasteiger partial charge is 0.327 e. The van der Waals surface area contributed by atoms with E-state index in [2.05, 4.69) is 19.2 Å². The predicted molar refractivity (Wildman–Crippen MR) is 98.2 cm³/mol. The molecule has 0 spiro atoms. The van der Waals surface area contributed by atoms with Crippen molar-refractivity contribution < 1.29 is 4.79 Å². The fraction of sp³-hybridized carbons (Fsp3) is 0.158. The average Bonchev–Trinajstić information content (AvgIpc) is 2.82. The zero-order valence-corrected chi connectivity index (χ0v) is 13.9. The van der Waals surface area contributed by atoms with Gasteiger partial charge in [-0.1, -0.05) is 56.3 Å². The van der Waals surface area contributed by atoms with E-state index in [4.69, 9.17) is 12.2 Å². The van der Waals surface area contributed by atoms with Crippen LogP contribution in [0.5, 0.6) is 0 Å². The number of carbonyl (C=O) groups is 1. The van der Waals surface area contributed by atoms with E-state index in [-0.39, 0.29) is 5.91 Å². The molecule has 1 heterocycles. The monoisotopic (exact) mass is 322 g/mol. The number of nitrogens with zero attached hydrogens (tertiary/aromatic N) is 1. The Morgan fingerprint density at radius 2 is 1.70 bits per heavy atom. The lowest BCUT2D eigenvalue weighted by atomic mass is 10.0. The Bertz CT molecular complexity index is 764. The highest BCUT2D eigenvalue weighted by Crippen LogP contribution is 2.24. The second-order valence-corrected chi connectivity index (χ2v) is 6.17. The van der Waals surface area contributed by atoms with Gasteiger partial charge in [0.2, 0.25) is 0 Å². The highest BCUT2D eigenvalue weighted by atomic mass is 32.1. The summed E-state index contributed by atoms with van der Waals surface area (Å²) in [6, 6.07) is 17.7. The number of anilines is 1. The quantitative estimate of drug-likeness (QED) is 0.683. The number of rotatable bonds is 3. The van der Waals surface area contributed by atoms with Crippen LogP contribution in [0.1, 0.15) is 30.9 Å². The number of hydrogen-bond donors (Lipinski definition) is 1. The van der Waals surface area contributed by atoms with Crippen LogP contribution in [-0.4, -0.2) is 11.0 Å². The van der Waals surface area contributed by atoms with Crippen LogP contribution in [0.4, 0.5) is 5.69 Å². The molecule has 0 aromatic heterocycles. The van der Waals surface area contributed by atoms with E-state index in [0.29, 0.717) is 16.7 Å². The van der Waals surface area contributed by atoms with Crippen LogP contribution in [0.25, 0.3) is 6.08 Å². The summed E-state index contributed by atoms with van der Waals surface area (Å²) in [5.74, 6) is 0.327. The third-order valence-electron chi connectivity index (χ3n) is 3.81. The molecule has 4 heteroatoms. The van der Waals surface area contributed by atoms with Gasteiger partial charge in [0.1, 0.15) is 5.70 Å². The molecule has 1 saturated heterocycles. The van der Waals surface area contributed by atoms with Gasteiger partial charge in [0.05, 0.1) is 5.69 Å². The van der Waals surface area contributed by atoms with E-state index in [1.54, 1.807) is 0 Å². The predicted octanol–water partition coefficient (Wildman–Crippen LogP) is 4.07. The van der Waals surface area contributed by atoms with E-state index >= 15 is 0 Å². The lowest BCUT2D eigenvalue weighted by molar-refractivity contribution is -0.113. The number of benzene rings is 2. The normalized spacial score (nSPS) is 16.3. The first-order valence-corrected chi connectivity index (χ1v) is 7.99. The van der Waals surface area contributed by atoms with Crippen LogP contribution < -0.4 is 10.2 Å². The first-order valence-electron chi connectivity index (χ1n) is 7.58.